The number of hydrogen-bond acceptors (Lipinski definition) is 3. The Labute approximate surface area is 163 Å². The van der Waals surface area contributed by atoms with Crippen LogP contribution in [0.1, 0.15) is 25.5 Å². The average Bonchev–Trinajstić information content (AvgIpc) is 2.69. The molecule has 3 N–H and O–H groups in total. The molecule has 3 rings (SSSR count). The van der Waals surface area contributed by atoms with Gasteiger partial charge in [-0.15, -0.1) is 0 Å². The average molecular weight is 390 g/mol. The Bertz CT molecular complexity index is 808. The van der Waals surface area contributed by atoms with Gasteiger partial charge in [-0.3, -0.25) is 4.79 Å². The Hall–Kier alpha value is -2.51. The molecule has 1 fully saturated rings. The van der Waals surface area contributed by atoms with Crippen LogP contribution < -0.4 is 15.5 Å². The van der Waals surface area contributed by atoms with Gasteiger partial charge in [0.25, 0.3) is 5.91 Å². The third-order valence-electron chi connectivity index (χ3n) is 4.96. The van der Waals surface area contributed by atoms with Crippen molar-refractivity contribution in [2.75, 3.05) is 36.5 Å². The van der Waals surface area contributed by atoms with E-state index < -0.39 is 17.7 Å². The SMILES string of the molecule is C[C@H]([NH2+][C@@H](C)c1ccc(F)cc1F)C(=O)Nc1ccc(N2CCOCC2)cc1. The highest BCUT2D eigenvalue weighted by molar-refractivity contribution is 5.93. The number of carbonyl (C=O) groups is 1. The summed E-state index contributed by atoms with van der Waals surface area (Å²) in [4.78, 5) is 14.7. The molecule has 150 valence electrons. The third kappa shape index (κ3) is 5.05. The standard InChI is InChI=1S/C21H25F2N3O2/c1-14(19-8-3-16(22)13-20(19)23)24-15(2)21(27)25-17-4-6-18(7-5-17)26-9-11-28-12-10-26/h3-8,13-15,24H,9-12H2,1-2H3,(H,25,27)/p+1/t14-,15-/m0/s1. The molecule has 7 heteroatoms. The maximum Gasteiger partial charge on any atom is 0.282 e. The maximum atomic E-state index is 13.9. The van der Waals surface area contributed by atoms with Crippen LogP contribution in [0, 0.1) is 11.6 Å². The Morgan fingerprint density at radius 3 is 2.43 bits per heavy atom. The molecule has 1 amide bonds. The van der Waals surface area contributed by atoms with Crippen molar-refractivity contribution in [3.8, 4) is 0 Å². The van der Waals surface area contributed by atoms with Gasteiger partial charge in [-0.1, -0.05) is 0 Å². The zero-order chi connectivity index (χ0) is 20.1. The van der Waals surface area contributed by atoms with Crippen LogP contribution in [0.25, 0.3) is 0 Å². The Morgan fingerprint density at radius 1 is 1.11 bits per heavy atom. The number of hydrogen-bond donors (Lipinski definition) is 2. The van der Waals surface area contributed by atoms with Crippen molar-refractivity contribution in [2.45, 2.75) is 25.9 Å². The molecule has 0 radical (unpaired) electrons. The predicted molar refractivity (Wildman–Crippen MR) is 104 cm³/mol. The van der Waals surface area contributed by atoms with Crippen LogP contribution in [0.2, 0.25) is 0 Å². The Morgan fingerprint density at radius 2 is 1.79 bits per heavy atom. The van der Waals surface area contributed by atoms with Crippen LogP contribution in [0.4, 0.5) is 20.2 Å². The van der Waals surface area contributed by atoms with E-state index in [1.165, 1.54) is 12.1 Å². The molecule has 0 unspecified atom stereocenters. The number of halogens is 2. The summed E-state index contributed by atoms with van der Waals surface area (Å²) < 4.78 is 32.3. The first-order valence-corrected chi connectivity index (χ1v) is 9.47. The number of morpholine rings is 1. The highest BCUT2D eigenvalue weighted by atomic mass is 19.1. The lowest BCUT2D eigenvalue weighted by molar-refractivity contribution is -0.710. The number of benzene rings is 2. The van der Waals surface area contributed by atoms with Crippen LogP contribution in [0.5, 0.6) is 0 Å². The van der Waals surface area contributed by atoms with Gasteiger partial charge in [-0.05, 0) is 50.2 Å². The fraction of sp³-hybridized carbons (Fsp3) is 0.381. The summed E-state index contributed by atoms with van der Waals surface area (Å²) in [5, 5.41) is 4.64. The minimum Gasteiger partial charge on any atom is -0.378 e. The molecule has 0 saturated carbocycles. The summed E-state index contributed by atoms with van der Waals surface area (Å²) in [6.07, 6.45) is 0. The second-order valence-electron chi connectivity index (χ2n) is 7.07. The molecule has 2 aromatic carbocycles. The summed E-state index contributed by atoms with van der Waals surface area (Å²) in [5.41, 5.74) is 2.18. The summed E-state index contributed by atoms with van der Waals surface area (Å²) in [7, 11) is 0. The zero-order valence-corrected chi connectivity index (χ0v) is 16.1. The monoisotopic (exact) mass is 390 g/mol. The lowest BCUT2D eigenvalue weighted by atomic mass is 10.1. The molecule has 2 atom stereocenters. The fourth-order valence-electron chi connectivity index (χ4n) is 3.33. The van der Waals surface area contributed by atoms with E-state index in [2.05, 4.69) is 10.2 Å². The summed E-state index contributed by atoms with van der Waals surface area (Å²) in [5.74, 6) is -1.39. The normalized spacial score (nSPS) is 16.5. The molecule has 1 aliphatic heterocycles. The van der Waals surface area contributed by atoms with Crippen LogP contribution >= 0.6 is 0 Å². The first-order valence-electron chi connectivity index (χ1n) is 9.47. The maximum absolute atomic E-state index is 13.9. The van der Waals surface area contributed by atoms with Crippen LogP contribution in [0.3, 0.4) is 0 Å². The second kappa shape index (κ2) is 9.12. The molecule has 0 aliphatic carbocycles. The predicted octanol–water partition coefficient (Wildman–Crippen LogP) is 2.45. The lowest BCUT2D eigenvalue weighted by Crippen LogP contribution is -2.91. The van der Waals surface area contributed by atoms with E-state index in [0.717, 1.165) is 38.1 Å². The molecule has 0 aromatic heterocycles. The number of nitrogens with one attached hydrogen (secondary N) is 1. The van der Waals surface area contributed by atoms with Gasteiger partial charge in [0.2, 0.25) is 0 Å². The van der Waals surface area contributed by atoms with E-state index in [9.17, 15) is 13.6 Å². The van der Waals surface area contributed by atoms with E-state index in [1.807, 2.05) is 24.3 Å². The van der Waals surface area contributed by atoms with Crippen LogP contribution in [-0.4, -0.2) is 38.3 Å². The van der Waals surface area contributed by atoms with Gasteiger partial charge in [0.15, 0.2) is 6.04 Å². The van der Waals surface area contributed by atoms with Gasteiger partial charge >= 0.3 is 0 Å². The highest BCUT2D eigenvalue weighted by Crippen LogP contribution is 2.19. The van der Waals surface area contributed by atoms with Crippen molar-refractivity contribution in [3.63, 3.8) is 0 Å². The van der Waals surface area contributed by atoms with E-state index in [1.54, 1.807) is 19.2 Å². The molecule has 1 aliphatic rings. The quantitative estimate of drug-likeness (QED) is 0.797. The summed E-state index contributed by atoms with van der Waals surface area (Å²) >= 11 is 0. The van der Waals surface area contributed by atoms with Crippen molar-refractivity contribution < 1.29 is 23.6 Å². The van der Waals surface area contributed by atoms with Crippen molar-refractivity contribution in [3.05, 3.63) is 59.7 Å². The van der Waals surface area contributed by atoms with Crippen LogP contribution in [0.15, 0.2) is 42.5 Å². The third-order valence-corrected chi connectivity index (χ3v) is 4.96. The second-order valence-corrected chi connectivity index (χ2v) is 7.07. The van der Waals surface area contributed by atoms with Gasteiger partial charge in [0, 0.05) is 36.1 Å². The van der Waals surface area contributed by atoms with E-state index in [0.29, 0.717) is 11.3 Å². The number of ether oxygens (including phenoxy) is 1. The number of nitrogens with two attached hydrogens (primary N) is 1. The zero-order valence-electron chi connectivity index (χ0n) is 16.1. The molecule has 28 heavy (non-hydrogen) atoms. The minimum absolute atomic E-state index is 0.173. The first-order chi connectivity index (χ1) is 13.4. The number of quaternary nitrogens is 1. The van der Waals surface area contributed by atoms with Crippen molar-refractivity contribution in [1.29, 1.82) is 0 Å². The first kappa shape index (κ1) is 20.2. The Kier molecular flexibility index (Phi) is 6.59. The van der Waals surface area contributed by atoms with Crippen molar-refractivity contribution in [2.24, 2.45) is 0 Å². The minimum atomic E-state index is -0.611. The number of anilines is 2. The number of rotatable bonds is 6. The van der Waals surface area contributed by atoms with Crippen molar-refractivity contribution >= 4 is 17.3 Å². The largest absolute Gasteiger partial charge is 0.378 e. The van der Waals surface area contributed by atoms with Crippen molar-refractivity contribution in [1.82, 2.24) is 0 Å². The highest BCUT2D eigenvalue weighted by Gasteiger charge is 2.22. The molecule has 2 aromatic rings. The topological polar surface area (TPSA) is 58.2 Å². The molecule has 0 bridgehead atoms. The summed E-state index contributed by atoms with van der Waals surface area (Å²) in [6, 6.07) is 10.5. The van der Waals surface area contributed by atoms with Gasteiger partial charge in [-0.2, -0.15) is 0 Å². The molecule has 1 saturated heterocycles. The Balaban J connectivity index is 1.56. The van der Waals surface area contributed by atoms with E-state index in [4.69, 9.17) is 4.74 Å². The number of amides is 1. The van der Waals surface area contributed by atoms with Crippen LogP contribution in [-0.2, 0) is 9.53 Å². The van der Waals surface area contributed by atoms with Gasteiger partial charge in [-0.25, -0.2) is 8.78 Å². The molecular weight excluding hydrogens is 364 g/mol. The van der Waals surface area contributed by atoms with E-state index in [-0.39, 0.29) is 11.9 Å². The van der Waals surface area contributed by atoms with Gasteiger partial charge in [0.1, 0.15) is 17.7 Å². The number of nitrogens with zero attached hydrogens (tertiary/aromatic N) is 1. The number of carbonyl (C=O) groups excluding carboxylic acids is 1. The van der Waals surface area contributed by atoms with Gasteiger partial charge in [0.05, 0.1) is 13.2 Å². The smallest absolute Gasteiger partial charge is 0.282 e. The summed E-state index contributed by atoms with van der Waals surface area (Å²) in [6.45, 7) is 6.70. The molecule has 1 heterocycles. The fourth-order valence-corrected chi connectivity index (χ4v) is 3.33. The lowest BCUT2D eigenvalue weighted by Gasteiger charge is -2.29. The molecule has 0 spiro atoms. The van der Waals surface area contributed by atoms with E-state index >= 15 is 0 Å². The van der Waals surface area contributed by atoms with Gasteiger partial charge < -0.3 is 20.3 Å². The molecular formula is C21H26F2N3O2+. The molecule has 5 nitrogen and oxygen atoms in total.